The number of nitrogens with one attached hydrogen (secondary N) is 1. The predicted octanol–water partition coefficient (Wildman–Crippen LogP) is 1.08. The van der Waals surface area contributed by atoms with E-state index in [0.717, 1.165) is 17.9 Å². The molecule has 0 spiro atoms. The number of nitrogens with zero attached hydrogens (tertiary/aromatic N) is 1. The van der Waals surface area contributed by atoms with E-state index in [0.29, 0.717) is 0 Å². The molecule has 0 radical (unpaired) electrons. The van der Waals surface area contributed by atoms with Crippen LogP contribution in [-0.4, -0.2) is 37.1 Å². The molecule has 2 nitrogen and oxygen atoms in total. The lowest BCUT2D eigenvalue weighted by Crippen LogP contribution is -2.37. The molecule has 13 heavy (non-hydrogen) atoms. The van der Waals surface area contributed by atoms with Crippen LogP contribution in [0.25, 0.3) is 0 Å². The van der Waals surface area contributed by atoms with Gasteiger partial charge in [0.25, 0.3) is 0 Å². The number of rotatable bonds is 1. The molecule has 74 valence electrons. The zero-order chi connectivity index (χ0) is 8.67. The van der Waals surface area contributed by atoms with Gasteiger partial charge in [-0.2, -0.15) is 0 Å². The minimum absolute atomic E-state index is 0.947. The zero-order valence-corrected chi connectivity index (χ0v) is 8.34. The van der Waals surface area contributed by atoms with Crippen molar-refractivity contribution in [1.82, 2.24) is 10.2 Å². The lowest BCUT2D eigenvalue weighted by atomic mass is 9.97. The predicted molar refractivity (Wildman–Crippen MR) is 53.7 cm³/mol. The number of hydrogen-bond acceptors (Lipinski definition) is 2. The van der Waals surface area contributed by atoms with Gasteiger partial charge >= 0.3 is 0 Å². The molecule has 1 aliphatic carbocycles. The maximum absolute atomic E-state index is 3.55. The third-order valence-electron chi connectivity index (χ3n) is 4.33. The van der Waals surface area contributed by atoms with Gasteiger partial charge in [0.15, 0.2) is 0 Å². The minimum Gasteiger partial charge on any atom is -0.316 e. The Morgan fingerprint density at radius 3 is 2.69 bits per heavy atom. The van der Waals surface area contributed by atoms with Crippen LogP contribution < -0.4 is 5.32 Å². The summed E-state index contributed by atoms with van der Waals surface area (Å²) in [4.78, 5) is 2.76. The summed E-state index contributed by atoms with van der Waals surface area (Å²) < 4.78 is 0. The normalized spacial score (nSPS) is 45.7. The van der Waals surface area contributed by atoms with Crippen LogP contribution in [0.1, 0.15) is 25.7 Å². The van der Waals surface area contributed by atoms with Crippen LogP contribution in [0, 0.1) is 11.8 Å². The Hall–Kier alpha value is -0.0800. The monoisotopic (exact) mass is 180 g/mol. The van der Waals surface area contributed by atoms with Crippen molar-refractivity contribution in [3.05, 3.63) is 0 Å². The minimum atomic E-state index is 0.947. The van der Waals surface area contributed by atoms with E-state index in [1.165, 1.54) is 51.9 Å². The Labute approximate surface area is 80.7 Å². The van der Waals surface area contributed by atoms with Crippen molar-refractivity contribution in [3.63, 3.8) is 0 Å². The molecule has 2 heterocycles. The molecule has 0 amide bonds. The van der Waals surface area contributed by atoms with Crippen LogP contribution in [0.5, 0.6) is 0 Å². The molecule has 1 saturated carbocycles. The fraction of sp³-hybridized carbons (Fsp3) is 1.00. The summed E-state index contributed by atoms with van der Waals surface area (Å²) in [5, 5.41) is 3.55. The summed E-state index contributed by atoms with van der Waals surface area (Å²) in [6, 6.07) is 0.947. The van der Waals surface area contributed by atoms with E-state index in [1.54, 1.807) is 0 Å². The zero-order valence-electron chi connectivity index (χ0n) is 8.34. The standard InChI is InChI=1S/C11H20N2/c1-2-6-13(5-1)11-4-3-9-7-12-8-10(9)11/h9-12H,1-8H2/t9-,10-,11+/m0/s1. The van der Waals surface area contributed by atoms with E-state index in [1.807, 2.05) is 0 Å². The first-order chi connectivity index (χ1) is 6.45. The fourth-order valence-electron chi connectivity index (χ4n) is 3.65. The van der Waals surface area contributed by atoms with Crippen molar-refractivity contribution in [3.8, 4) is 0 Å². The molecule has 0 unspecified atom stereocenters. The number of likely N-dealkylation sites (tertiary alicyclic amines) is 1. The second-order valence-electron chi connectivity index (χ2n) is 4.97. The van der Waals surface area contributed by atoms with Crippen molar-refractivity contribution in [1.29, 1.82) is 0 Å². The summed E-state index contributed by atoms with van der Waals surface area (Å²) in [5.41, 5.74) is 0. The van der Waals surface area contributed by atoms with Crippen LogP contribution in [0.15, 0.2) is 0 Å². The van der Waals surface area contributed by atoms with Crippen LogP contribution in [0.2, 0.25) is 0 Å². The summed E-state index contributed by atoms with van der Waals surface area (Å²) in [5.74, 6) is 2.02. The summed E-state index contributed by atoms with van der Waals surface area (Å²) in [6.45, 7) is 5.36. The van der Waals surface area contributed by atoms with Gasteiger partial charge in [-0.05, 0) is 63.7 Å². The largest absolute Gasteiger partial charge is 0.316 e. The van der Waals surface area contributed by atoms with Crippen molar-refractivity contribution >= 4 is 0 Å². The average Bonchev–Trinajstić information content (AvgIpc) is 2.79. The van der Waals surface area contributed by atoms with Crippen LogP contribution in [0.4, 0.5) is 0 Å². The Kier molecular flexibility index (Phi) is 2.06. The molecule has 0 bridgehead atoms. The molecule has 3 rings (SSSR count). The smallest absolute Gasteiger partial charge is 0.0139 e. The Bertz CT molecular complexity index is 187. The molecular weight excluding hydrogens is 160 g/mol. The lowest BCUT2D eigenvalue weighted by Gasteiger charge is -2.28. The van der Waals surface area contributed by atoms with Crippen molar-refractivity contribution in [2.24, 2.45) is 11.8 Å². The fourth-order valence-corrected chi connectivity index (χ4v) is 3.65. The van der Waals surface area contributed by atoms with Crippen molar-refractivity contribution in [2.45, 2.75) is 31.7 Å². The highest BCUT2D eigenvalue weighted by atomic mass is 15.2. The summed E-state index contributed by atoms with van der Waals surface area (Å²) >= 11 is 0. The van der Waals surface area contributed by atoms with Crippen LogP contribution >= 0.6 is 0 Å². The molecule has 0 aromatic rings. The van der Waals surface area contributed by atoms with E-state index in [4.69, 9.17) is 0 Å². The van der Waals surface area contributed by atoms with Crippen LogP contribution in [-0.2, 0) is 0 Å². The highest BCUT2D eigenvalue weighted by Crippen LogP contribution is 2.38. The van der Waals surface area contributed by atoms with Gasteiger partial charge in [-0.1, -0.05) is 0 Å². The van der Waals surface area contributed by atoms with E-state index in [9.17, 15) is 0 Å². The summed E-state index contributed by atoms with van der Waals surface area (Å²) in [7, 11) is 0. The molecule has 2 saturated heterocycles. The average molecular weight is 180 g/mol. The number of fused-ring (bicyclic) bond motifs is 1. The second-order valence-corrected chi connectivity index (χ2v) is 4.97. The second kappa shape index (κ2) is 3.25. The van der Waals surface area contributed by atoms with E-state index in [2.05, 4.69) is 10.2 Å². The molecule has 1 N–H and O–H groups in total. The maximum atomic E-state index is 3.55. The highest BCUT2D eigenvalue weighted by molar-refractivity contribution is 4.97. The Balaban J connectivity index is 1.70. The molecule has 0 aromatic carbocycles. The molecular formula is C11H20N2. The quantitative estimate of drug-likeness (QED) is 0.649. The Morgan fingerprint density at radius 2 is 1.85 bits per heavy atom. The van der Waals surface area contributed by atoms with Crippen molar-refractivity contribution < 1.29 is 0 Å². The molecule has 3 fully saturated rings. The molecule has 3 aliphatic rings. The van der Waals surface area contributed by atoms with Crippen LogP contribution in [0.3, 0.4) is 0 Å². The van der Waals surface area contributed by atoms with Gasteiger partial charge in [-0.15, -0.1) is 0 Å². The van der Waals surface area contributed by atoms with E-state index < -0.39 is 0 Å². The summed E-state index contributed by atoms with van der Waals surface area (Å²) in [6.07, 6.45) is 5.86. The molecule has 3 atom stereocenters. The van der Waals surface area contributed by atoms with E-state index >= 15 is 0 Å². The molecule has 2 heteroatoms. The third kappa shape index (κ3) is 1.31. The van der Waals surface area contributed by atoms with E-state index in [-0.39, 0.29) is 0 Å². The topological polar surface area (TPSA) is 15.3 Å². The van der Waals surface area contributed by atoms with Crippen molar-refractivity contribution in [2.75, 3.05) is 26.2 Å². The SMILES string of the molecule is C1CCN([C@@H]2CC[C@H]3CNC[C@@H]32)C1. The molecule has 2 aliphatic heterocycles. The Morgan fingerprint density at radius 1 is 1.00 bits per heavy atom. The van der Waals surface area contributed by atoms with Gasteiger partial charge < -0.3 is 10.2 Å². The first-order valence-electron chi connectivity index (χ1n) is 5.90. The van der Waals surface area contributed by atoms with Gasteiger partial charge in [0, 0.05) is 6.04 Å². The number of hydrogen-bond donors (Lipinski definition) is 1. The lowest BCUT2D eigenvalue weighted by molar-refractivity contribution is 0.196. The van der Waals surface area contributed by atoms with Gasteiger partial charge in [-0.25, -0.2) is 0 Å². The third-order valence-corrected chi connectivity index (χ3v) is 4.33. The van der Waals surface area contributed by atoms with Gasteiger partial charge in [0.2, 0.25) is 0 Å². The van der Waals surface area contributed by atoms with Gasteiger partial charge in [0.05, 0.1) is 0 Å². The van der Waals surface area contributed by atoms with Gasteiger partial charge in [-0.3, -0.25) is 0 Å². The van der Waals surface area contributed by atoms with Gasteiger partial charge in [0.1, 0.15) is 0 Å². The first kappa shape index (κ1) is 8.25. The maximum Gasteiger partial charge on any atom is 0.0139 e. The highest BCUT2D eigenvalue weighted by Gasteiger charge is 2.42. The molecule has 0 aromatic heterocycles. The first-order valence-corrected chi connectivity index (χ1v) is 5.90.